The van der Waals surface area contributed by atoms with E-state index in [0.29, 0.717) is 41.7 Å². The highest BCUT2D eigenvalue weighted by Gasteiger charge is 2.08. The van der Waals surface area contributed by atoms with Crippen molar-refractivity contribution in [3.05, 3.63) is 71.8 Å². The van der Waals surface area contributed by atoms with Gasteiger partial charge in [0.15, 0.2) is 0 Å². The van der Waals surface area contributed by atoms with Crippen molar-refractivity contribution in [1.29, 1.82) is 0 Å². The quantitative estimate of drug-likeness (QED) is 0.281. The van der Waals surface area contributed by atoms with E-state index >= 15 is 0 Å². The Morgan fingerprint density at radius 1 is 0.923 bits per heavy atom. The van der Waals surface area contributed by atoms with Crippen LogP contribution in [0.2, 0.25) is 5.02 Å². The van der Waals surface area contributed by atoms with E-state index in [2.05, 4.69) is 6.58 Å². The number of carbonyl (C=O) groups excluding carboxylic acids is 2. The van der Waals surface area contributed by atoms with E-state index in [1.807, 2.05) is 0 Å². The third-order valence-corrected chi connectivity index (χ3v) is 3.58. The molecular formula is C20H19ClO5. The van der Waals surface area contributed by atoms with Crippen molar-refractivity contribution in [1.82, 2.24) is 0 Å². The van der Waals surface area contributed by atoms with Gasteiger partial charge in [-0.3, -0.25) is 0 Å². The minimum Gasteiger partial charge on any atom is -0.494 e. The van der Waals surface area contributed by atoms with Crippen molar-refractivity contribution in [2.75, 3.05) is 13.2 Å². The van der Waals surface area contributed by atoms with Crippen molar-refractivity contribution in [3.63, 3.8) is 0 Å². The average molecular weight is 375 g/mol. The van der Waals surface area contributed by atoms with Crippen LogP contribution in [0.15, 0.2) is 61.2 Å². The van der Waals surface area contributed by atoms with Crippen LogP contribution in [0.25, 0.3) is 0 Å². The van der Waals surface area contributed by atoms with Crippen LogP contribution in [0.5, 0.6) is 11.5 Å². The summed E-state index contributed by atoms with van der Waals surface area (Å²) in [7, 11) is 0. The summed E-state index contributed by atoms with van der Waals surface area (Å²) in [6.45, 7) is 4.15. The molecule has 0 aromatic heterocycles. The van der Waals surface area contributed by atoms with Crippen molar-refractivity contribution in [3.8, 4) is 11.5 Å². The Balaban J connectivity index is 1.73. The zero-order valence-electron chi connectivity index (χ0n) is 14.2. The molecule has 136 valence electrons. The summed E-state index contributed by atoms with van der Waals surface area (Å²) in [6, 6.07) is 13.2. The van der Waals surface area contributed by atoms with Gasteiger partial charge in [-0.1, -0.05) is 18.2 Å². The fourth-order valence-corrected chi connectivity index (χ4v) is 2.11. The predicted octanol–water partition coefficient (Wildman–Crippen LogP) is 4.45. The topological polar surface area (TPSA) is 61.8 Å². The molecule has 2 aromatic rings. The lowest BCUT2D eigenvalue weighted by Crippen LogP contribution is -2.08. The van der Waals surface area contributed by atoms with E-state index in [1.165, 1.54) is 0 Å². The zero-order valence-corrected chi connectivity index (χ0v) is 14.9. The standard InChI is InChI=1S/C20H19ClO5/c1-2-19(22)25-14-4-3-13-24-17-9-5-15(6-10-17)20(23)26-18-11-7-16(21)8-12-18/h2,5-12H,1,3-4,13-14H2. The first-order valence-electron chi connectivity index (χ1n) is 8.08. The Morgan fingerprint density at radius 2 is 1.54 bits per heavy atom. The average Bonchev–Trinajstić information content (AvgIpc) is 2.66. The molecule has 2 aromatic carbocycles. The summed E-state index contributed by atoms with van der Waals surface area (Å²) in [5.41, 5.74) is 0.420. The molecule has 0 fully saturated rings. The molecule has 0 bridgehead atoms. The van der Waals surface area contributed by atoms with Gasteiger partial charge in [0.1, 0.15) is 11.5 Å². The second-order valence-electron chi connectivity index (χ2n) is 5.30. The molecule has 0 aliphatic heterocycles. The number of unbranched alkanes of at least 4 members (excludes halogenated alkanes) is 1. The maximum atomic E-state index is 12.1. The van der Waals surface area contributed by atoms with Crippen LogP contribution in [0.1, 0.15) is 23.2 Å². The van der Waals surface area contributed by atoms with Gasteiger partial charge < -0.3 is 14.2 Å². The predicted molar refractivity (Wildman–Crippen MR) is 98.7 cm³/mol. The maximum absolute atomic E-state index is 12.1. The highest BCUT2D eigenvalue weighted by molar-refractivity contribution is 6.30. The Labute approximate surface area is 157 Å². The molecule has 0 unspecified atom stereocenters. The number of hydrogen-bond acceptors (Lipinski definition) is 5. The Morgan fingerprint density at radius 3 is 2.19 bits per heavy atom. The Hall–Kier alpha value is -2.79. The van der Waals surface area contributed by atoms with Gasteiger partial charge in [-0.05, 0) is 61.4 Å². The summed E-state index contributed by atoms with van der Waals surface area (Å²) in [5.74, 6) is 0.197. The molecule has 0 spiro atoms. The lowest BCUT2D eigenvalue weighted by atomic mass is 10.2. The summed E-state index contributed by atoms with van der Waals surface area (Å²) < 4.78 is 15.7. The number of esters is 2. The van der Waals surface area contributed by atoms with E-state index in [-0.39, 0.29) is 0 Å². The molecule has 5 nitrogen and oxygen atoms in total. The number of hydrogen-bond donors (Lipinski definition) is 0. The minimum absolute atomic E-state index is 0.337. The van der Waals surface area contributed by atoms with Gasteiger partial charge in [0.25, 0.3) is 0 Å². The third kappa shape index (κ3) is 6.61. The third-order valence-electron chi connectivity index (χ3n) is 3.33. The molecule has 26 heavy (non-hydrogen) atoms. The minimum atomic E-state index is -0.456. The van der Waals surface area contributed by atoms with E-state index in [9.17, 15) is 9.59 Å². The van der Waals surface area contributed by atoms with Crippen molar-refractivity contribution < 1.29 is 23.8 Å². The SMILES string of the molecule is C=CC(=O)OCCCCOc1ccc(C(=O)Oc2ccc(Cl)cc2)cc1. The summed E-state index contributed by atoms with van der Waals surface area (Å²) in [6.07, 6.45) is 2.58. The van der Waals surface area contributed by atoms with Crippen LogP contribution < -0.4 is 9.47 Å². The molecule has 0 aliphatic rings. The molecule has 6 heteroatoms. The van der Waals surface area contributed by atoms with Crippen LogP contribution in [-0.4, -0.2) is 25.2 Å². The second kappa shape index (κ2) is 10.3. The number of halogens is 1. The van der Waals surface area contributed by atoms with Crippen molar-refractivity contribution >= 4 is 23.5 Å². The molecule has 0 amide bonds. The Bertz CT molecular complexity index is 738. The number of ether oxygens (including phenoxy) is 3. The molecule has 2 rings (SSSR count). The number of carbonyl (C=O) groups is 2. The van der Waals surface area contributed by atoms with Gasteiger partial charge in [-0.15, -0.1) is 0 Å². The Kier molecular flexibility index (Phi) is 7.71. The van der Waals surface area contributed by atoms with E-state index < -0.39 is 11.9 Å². The fourth-order valence-electron chi connectivity index (χ4n) is 1.98. The van der Waals surface area contributed by atoms with Gasteiger partial charge in [0.05, 0.1) is 18.8 Å². The first kappa shape index (κ1) is 19.5. The van der Waals surface area contributed by atoms with Crippen LogP contribution >= 0.6 is 11.6 Å². The van der Waals surface area contributed by atoms with Gasteiger partial charge in [0.2, 0.25) is 0 Å². The molecule has 0 atom stereocenters. The molecule has 0 aliphatic carbocycles. The highest BCUT2D eigenvalue weighted by atomic mass is 35.5. The highest BCUT2D eigenvalue weighted by Crippen LogP contribution is 2.18. The zero-order chi connectivity index (χ0) is 18.8. The van der Waals surface area contributed by atoms with E-state index in [1.54, 1.807) is 48.5 Å². The lowest BCUT2D eigenvalue weighted by Gasteiger charge is -2.08. The molecule has 0 radical (unpaired) electrons. The molecular weight excluding hydrogens is 356 g/mol. The molecule has 0 heterocycles. The van der Waals surface area contributed by atoms with Gasteiger partial charge in [0, 0.05) is 11.1 Å². The molecule has 0 saturated heterocycles. The first-order valence-corrected chi connectivity index (χ1v) is 8.46. The number of benzene rings is 2. The smallest absolute Gasteiger partial charge is 0.343 e. The van der Waals surface area contributed by atoms with Crippen molar-refractivity contribution in [2.45, 2.75) is 12.8 Å². The number of rotatable bonds is 9. The monoisotopic (exact) mass is 374 g/mol. The maximum Gasteiger partial charge on any atom is 0.343 e. The van der Waals surface area contributed by atoms with Crippen LogP contribution in [0.3, 0.4) is 0 Å². The second-order valence-corrected chi connectivity index (χ2v) is 5.73. The largest absolute Gasteiger partial charge is 0.494 e. The van der Waals surface area contributed by atoms with Crippen molar-refractivity contribution in [2.24, 2.45) is 0 Å². The van der Waals surface area contributed by atoms with Gasteiger partial charge in [-0.2, -0.15) is 0 Å². The van der Waals surface area contributed by atoms with Gasteiger partial charge >= 0.3 is 11.9 Å². The van der Waals surface area contributed by atoms with Crippen LogP contribution in [-0.2, 0) is 9.53 Å². The summed E-state index contributed by atoms with van der Waals surface area (Å²) >= 11 is 5.79. The lowest BCUT2D eigenvalue weighted by molar-refractivity contribution is -0.137. The van der Waals surface area contributed by atoms with E-state index in [0.717, 1.165) is 12.5 Å². The van der Waals surface area contributed by atoms with Crippen LogP contribution in [0.4, 0.5) is 0 Å². The first-order chi connectivity index (χ1) is 12.6. The fraction of sp³-hybridized carbons (Fsp3) is 0.200. The van der Waals surface area contributed by atoms with E-state index in [4.69, 9.17) is 25.8 Å². The van der Waals surface area contributed by atoms with Gasteiger partial charge in [-0.25, -0.2) is 9.59 Å². The summed E-state index contributed by atoms with van der Waals surface area (Å²) in [5, 5.41) is 0.574. The van der Waals surface area contributed by atoms with Crippen LogP contribution in [0, 0.1) is 0 Å². The molecule has 0 saturated carbocycles. The normalized spacial score (nSPS) is 10.0. The molecule has 0 N–H and O–H groups in total. The summed E-state index contributed by atoms with van der Waals surface area (Å²) in [4.78, 5) is 22.9.